The normalized spacial score (nSPS) is 12.2. The summed E-state index contributed by atoms with van der Waals surface area (Å²) in [5.41, 5.74) is 0. The Morgan fingerprint density at radius 3 is 2.60 bits per heavy atom. The number of benzene rings is 1. The summed E-state index contributed by atoms with van der Waals surface area (Å²) >= 11 is 0. The van der Waals surface area contributed by atoms with E-state index in [0.29, 0.717) is 31.6 Å². The Hall–Kier alpha value is -1.30. The highest BCUT2D eigenvalue weighted by molar-refractivity contribution is 7.85. The number of unbranched alkanes of at least 4 members (excludes halogenated alkanes) is 2. The van der Waals surface area contributed by atoms with Gasteiger partial charge < -0.3 is 4.74 Å². The zero-order valence-corrected chi connectivity index (χ0v) is 12.2. The molecule has 0 aliphatic rings. The number of rotatable bonds is 8. The molecule has 0 spiro atoms. The molecular weight excluding hydrogens is 286 g/mol. The van der Waals surface area contributed by atoms with Crippen molar-refractivity contribution >= 4 is 16.8 Å². The van der Waals surface area contributed by atoms with Crippen molar-refractivity contribution in [3.63, 3.8) is 0 Å². The minimum absolute atomic E-state index is 0.228. The lowest BCUT2D eigenvalue weighted by molar-refractivity contribution is -0.143. The molecule has 0 fully saturated rings. The minimum atomic E-state index is -1.34. The Bertz CT molecular complexity index is 477. The number of hydrogen-bond acceptors (Lipinski definition) is 3. The maximum absolute atomic E-state index is 13.0. The van der Waals surface area contributed by atoms with Crippen LogP contribution in [0, 0.1) is 11.6 Å². The fraction of sp³-hybridized carbons (Fsp3) is 0.500. The number of carbonyl (C=O) groups is 1. The smallest absolute Gasteiger partial charge is 0.305 e. The summed E-state index contributed by atoms with van der Waals surface area (Å²) in [6, 6.07) is 3.26. The maximum atomic E-state index is 13.0. The van der Waals surface area contributed by atoms with E-state index in [1.165, 1.54) is 6.07 Å². The average Bonchev–Trinajstić information content (AvgIpc) is 2.41. The second-order valence-electron chi connectivity index (χ2n) is 4.24. The third-order valence-electron chi connectivity index (χ3n) is 2.67. The van der Waals surface area contributed by atoms with Crippen molar-refractivity contribution in [2.24, 2.45) is 0 Å². The molecule has 0 aliphatic heterocycles. The van der Waals surface area contributed by atoms with Crippen molar-refractivity contribution in [3.05, 3.63) is 29.8 Å². The summed E-state index contributed by atoms with van der Waals surface area (Å²) in [6.07, 6.45) is 2.43. The van der Waals surface area contributed by atoms with Gasteiger partial charge in [-0.1, -0.05) is 6.42 Å². The molecule has 0 aromatic heterocycles. The SMILES string of the molecule is CCOC(=O)CCCCCS(=O)c1ccc(F)c(F)c1. The van der Waals surface area contributed by atoms with Gasteiger partial charge in [0.1, 0.15) is 0 Å². The summed E-state index contributed by atoms with van der Waals surface area (Å²) in [5, 5.41) is 0. The first kappa shape index (κ1) is 16.8. The molecule has 0 bridgehead atoms. The Labute approximate surface area is 119 Å². The summed E-state index contributed by atoms with van der Waals surface area (Å²) in [6.45, 7) is 2.13. The number of hydrogen-bond donors (Lipinski definition) is 0. The molecule has 1 atom stereocenters. The number of carbonyl (C=O) groups excluding carboxylic acids is 1. The molecule has 1 unspecified atom stereocenters. The molecule has 1 rings (SSSR count). The van der Waals surface area contributed by atoms with E-state index in [4.69, 9.17) is 4.74 Å². The first-order valence-electron chi connectivity index (χ1n) is 6.53. The second-order valence-corrected chi connectivity index (χ2v) is 5.81. The molecule has 6 heteroatoms. The Kier molecular flexibility index (Phi) is 7.36. The van der Waals surface area contributed by atoms with Crippen molar-refractivity contribution in [3.8, 4) is 0 Å². The van der Waals surface area contributed by atoms with Crippen LogP contribution in [0.25, 0.3) is 0 Å². The van der Waals surface area contributed by atoms with Gasteiger partial charge in [0.25, 0.3) is 0 Å². The Morgan fingerprint density at radius 2 is 1.95 bits per heavy atom. The van der Waals surface area contributed by atoms with E-state index >= 15 is 0 Å². The lowest BCUT2D eigenvalue weighted by Crippen LogP contribution is -2.04. The van der Waals surface area contributed by atoms with E-state index in [-0.39, 0.29) is 10.9 Å². The van der Waals surface area contributed by atoms with Crippen molar-refractivity contribution in [2.45, 2.75) is 37.5 Å². The predicted octanol–water partition coefficient (Wildman–Crippen LogP) is 3.20. The highest BCUT2D eigenvalue weighted by Gasteiger charge is 2.08. The van der Waals surface area contributed by atoms with Crippen LogP contribution in [0.4, 0.5) is 8.78 Å². The van der Waals surface area contributed by atoms with Crippen LogP contribution in [-0.4, -0.2) is 22.5 Å². The number of halogens is 2. The van der Waals surface area contributed by atoms with Crippen LogP contribution in [0.1, 0.15) is 32.6 Å². The van der Waals surface area contributed by atoms with Gasteiger partial charge in [-0.25, -0.2) is 8.78 Å². The molecular formula is C14H18F2O3S. The second kappa shape index (κ2) is 8.79. The number of esters is 1. The zero-order chi connectivity index (χ0) is 15.0. The van der Waals surface area contributed by atoms with Gasteiger partial charge in [0.15, 0.2) is 11.6 Å². The van der Waals surface area contributed by atoms with Gasteiger partial charge in [-0.15, -0.1) is 0 Å². The fourth-order valence-corrected chi connectivity index (χ4v) is 2.81. The van der Waals surface area contributed by atoms with Crippen molar-refractivity contribution < 1.29 is 22.5 Å². The molecule has 0 saturated carbocycles. The summed E-state index contributed by atoms with van der Waals surface area (Å²) in [7, 11) is -1.34. The van der Waals surface area contributed by atoms with Gasteiger partial charge in [0.05, 0.1) is 17.4 Å². The maximum Gasteiger partial charge on any atom is 0.305 e. The van der Waals surface area contributed by atoms with Gasteiger partial charge >= 0.3 is 5.97 Å². The standard InChI is InChI=1S/C14H18F2O3S/c1-2-19-14(17)6-4-3-5-9-20(18)11-7-8-12(15)13(16)10-11/h7-8,10H,2-6,9H2,1H3. The zero-order valence-electron chi connectivity index (χ0n) is 11.4. The van der Waals surface area contributed by atoms with Gasteiger partial charge in [-0.3, -0.25) is 9.00 Å². The summed E-state index contributed by atoms with van der Waals surface area (Å²) < 4.78 is 42.3. The molecule has 0 aliphatic carbocycles. The number of ether oxygens (including phenoxy) is 1. The van der Waals surface area contributed by atoms with Crippen LogP contribution < -0.4 is 0 Å². The van der Waals surface area contributed by atoms with Crippen LogP contribution in [0.5, 0.6) is 0 Å². The molecule has 112 valence electrons. The lowest BCUT2D eigenvalue weighted by Gasteiger charge is -2.04. The van der Waals surface area contributed by atoms with Crippen LogP contribution in [0.3, 0.4) is 0 Å². The molecule has 3 nitrogen and oxygen atoms in total. The minimum Gasteiger partial charge on any atom is -0.466 e. The van der Waals surface area contributed by atoms with Gasteiger partial charge in [0.2, 0.25) is 0 Å². The molecule has 0 saturated heterocycles. The lowest BCUT2D eigenvalue weighted by atomic mass is 10.2. The molecule has 0 N–H and O–H groups in total. The monoisotopic (exact) mass is 304 g/mol. The van der Waals surface area contributed by atoms with Crippen LogP contribution in [0.2, 0.25) is 0 Å². The highest BCUT2D eigenvalue weighted by atomic mass is 32.2. The van der Waals surface area contributed by atoms with E-state index in [0.717, 1.165) is 18.6 Å². The van der Waals surface area contributed by atoms with E-state index in [9.17, 15) is 17.8 Å². The predicted molar refractivity (Wildman–Crippen MR) is 72.7 cm³/mol. The van der Waals surface area contributed by atoms with Crippen molar-refractivity contribution in [1.82, 2.24) is 0 Å². The van der Waals surface area contributed by atoms with Crippen molar-refractivity contribution in [2.75, 3.05) is 12.4 Å². The topological polar surface area (TPSA) is 43.4 Å². The molecule has 0 heterocycles. The average molecular weight is 304 g/mol. The third-order valence-corrected chi connectivity index (χ3v) is 4.11. The first-order chi connectivity index (χ1) is 9.54. The molecule has 1 aromatic rings. The van der Waals surface area contributed by atoms with E-state index in [1.54, 1.807) is 6.92 Å². The summed E-state index contributed by atoms with van der Waals surface area (Å²) in [5.74, 6) is -1.79. The quantitative estimate of drug-likeness (QED) is 0.547. The van der Waals surface area contributed by atoms with Crippen LogP contribution in [-0.2, 0) is 20.3 Å². The van der Waals surface area contributed by atoms with E-state index in [1.807, 2.05) is 0 Å². The Balaban J connectivity index is 2.26. The fourth-order valence-electron chi connectivity index (χ4n) is 1.65. The van der Waals surface area contributed by atoms with E-state index < -0.39 is 22.4 Å². The first-order valence-corrected chi connectivity index (χ1v) is 7.85. The molecule has 0 radical (unpaired) electrons. The van der Waals surface area contributed by atoms with Gasteiger partial charge in [-0.05, 0) is 38.0 Å². The third kappa shape index (κ3) is 5.77. The van der Waals surface area contributed by atoms with Gasteiger partial charge in [0, 0.05) is 17.1 Å². The molecule has 0 amide bonds. The summed E-state index contributed by atoms with van der Waals surface area (Å²) in [4.78, 5) is 11.4. The van der Waals surface area contributed by atoms with Gasteiger partial charge in [-0.2, -0.15) is 0 Å². The van der Waals surface area contributed by atoms with Crippen molar-refractivity contribution in [1.29, 1.82) is 0 Å². The highest BCUT2D eigenvalue weighted by Crippen LogP contribution is 2.14. The van der Waals surface area contributed by atoms with Crippen LogP contribution >= 0.6 is 0 Å². The molecule has 20 heavy (non-hydrogen) atoms. The largest absolute Gasteiger partial charge is 0.466 e. The molecule has 1 aromatic carbocycles. The van der Waals surface area contributed by atoms with Crippen LogP contribution in [0.15, 0.2) is 23.1 Å². The van der Waals surface area contributed by atoms with E-state index in [2.05, 4.69) is 0 Å². The Morgan fingerprint density at radius 1 is 1.20 bits per heavy atom.